The quantitative estimate of drug-likeness (QED) is 0.216. The zero-order valence-corrected chi connectivity index (χ0v) is 20.9. The predicted octanol–water partition coefficient (Wildman–Crippen LogP) is 4.85. The maximum Gasteiger partial charge on any atom is 0.337 e. The third-order valence-electron chi connectivity index (χ3n) is 5.88. The van der Waals surface area contributed by atoms with Gasteiger partial charge in [0.1, 0.15) is 5.82 Å². The highest BCUT2D eigenvalue weighted by molar-refractivity contribution is 7.15. The van der Waals surface area contributed by atoms with Crippen LogP contribution in [0.15, 0.2) is 67.0 Å². The van der Waals surface area contributed by atoms with Crippen molar-refractivity contribution in [2.24, 2.45) is 0 Å². The Morgan fingerprint density at radius 3 is 2.62 bits per heavy atom. The first-order valence-electron chi connectivity index (χ1n) is 11.6. The molecule has 5 rings (SSSR count). The van der Waals surface area contributed by atoms with Crippen molar-refractivity contribution in [3.8, 4) is 10.4 Å². The minimum atomic E-state index is -1.24. The number of halogens is 2. The van der Waals surface area contributed by atoms with Gasteiger partial charge >= 0.3 is 5.97 Å². The van der Waals surface area contributed by atoms with Gasteiger partial charge < -0.3 is 21.5 Å². The van der Waals surface area contributed by atoms with Gasteiger partial charge in [-0.3, -0.25) is 4.79 Å². The van der Waals surface area contributed by atoms with E-state index in [1.165, 1.54) is 23.5 Å². The second-order valence-corrected chi connectivity index (χ2v) is 9.68. The molecular weight excluding hydrogens is 526 g/mol. The number of aromatic nitrogens is 3. The average Bonchev–Trinajstić information content (AvgIpc) is 3.41. The lowest BCUT2D eigenvalue weighted by Crippen LogP contribution is -2.25. The molecule has 0 saturated heterocycles. The molecule has 39 heavy (non-hydrogen) atoms. The molecule has 0 bridgehead atoms. The smallest absolute Gasteiger partial charge is 0.337 e. The molecule has 0 unspecified atom stereocenters. The van der Waals surface area contributed by atoms with E-state index < -0.39 is 23.5 Å². The molecule has 0 radical (unpaired) electrons. The average molecular weight is 547 g/mol. The van der Waals surface area contributed by atoms with Crippen LogP contribution in [-0.2, 0) is 13.1 Å². The number of pyridine rings is 1. The Bertz CT molecular complexity index is 1730. The second kappa shape index (κ2) is 10.8. The Morgan fingerprint density at radius 1 is 0.974 bits per heavy atom. The van der Waals surface area contributed by atoms with Crippen molar-refractivity contribution in [2.75, 3.05) is 11.1 Å². The Morgan fingerprint density at radius 2 is 1.82 bits per heavy atom. The number of carbonyl (C=O) groups excluding carboxylic acids is 1. The summed E-state index contributed by atoms with van der Waals surface area (Å²) in [6.07, 6.45) is 2.80. The number of carboxylic acid groups (broad SMARTS) is 1. The molecule has 5 aromatic rings. The lowest BCUT2D eigenvalue weighted by Gasteiger charge is -2.12. The Hall–Kier alpha value is -4.97. The highest BCUT2D eigenvalue weighted by Gasteiger charge is 2.17. The highest BCUT2D eigenvalue weighted by atomic mass is 32.1. The number of anilines is 2. The van der Waals surface area contributed by atoms with Crippen LogP contribution in [-0.4, -0.2) is 32.2 Å². The van der Waals surface area contributed by atoms with Crippen molar-refractivity contribution in [1.29, 1.82) is 0 Å². The van der Waals surface area contributed by atoms with E-state index in [9.17, 15) is 23.5 Å². The van der Waals surface area contributed by atoms with Crippen molar-refractivity contribution < 1.29 is 23.5 Å². The van der Waals surface area contributed by atoms with Crippen molar-refractivity contribution in [3.63, 3.8) is 0 Å². The summed E-state index contributed by atoms with van der Waals surface area (Å²) in [5.41, 5.74) is 7.10. The number of aromatic carboxylic acids is 1. The number of nitrogen functional groups attached to an aromatic ring is 1. The van der Waals surface area contributed by atoms with Crippen LogP contribution in [0.4, 0.5) is 20.4 Å². The van der Waals surface area contributed by atoms with Crippen LogP contribution in [0, 0.1) is 11.6 Å². The molecule has 12 heteroatoms. The molecule has 9 nitrogen and oxygen atoms in total. The number of hydrogen-bond donors (Lipinski definition) is 4. The fraction of sp³-hybridized carbons (Fsp3) is 0.0741. The summed E-state index contributed by atoms with van der Waals surface area (Å²) in [6, 6.07) is 14.2. The van der Waals surface area contributed by atoms with Gasteiger partial charge in [0, 0.05) is 33.3 Å². The lowest BCUT2D eigenvalue weighted by atomic mass is 10.1. The molecular formula is C27H20F2N6O3S. The predicted molar refractivity (Wildman–Crippen MR) is 143 cm³/mol. The number of thiophene rings is 1. The van der Waals surface area contributed by atoms with Gasteiger partial charge in [0.05, 0.1) is 23.9 Å². The Balaban J connectivity index is 1.33. The monoisotopic (exact) mass is 546 g/mol. The minimum absolute atomic E-state index is 0.000349. The number of nitrogens with one attached hydrogen (secondary N) is 2. The number of carboxylic acids is 1. The molecule has 2 aromatic carbocycles. The van der Waals surface area contributed by atoms with Crippen LogP contribution in [0.3, 0.4) is 0 Å². The topological polar surface area (TPSA) is 143 Å². The summed E-state index contributed by atoms with van der Waals surface area (Å²) in [7, 11) is 0. The minimum Gasteiger partial charge on any atom is -0.478 e. The molecule has 0 atom stereocenters. The van der Waals surface area contributed by atoms with Gasteiger partial charge in [-0.15, -0.1) is 16.4 Å². The fourth-order valence-electron chi connectivity index (χ4n) is 3.87. The number of fused-ring (bicyclic) bond motifs is 1. The number of benzene rings is 2. The third kappa shape index (κ3) is 5.65. The van der Waals surface area contributed by atoms with Gasteiger partial charge in [0.25, 0.3) is 5.91 Å². The molecule has 0 saturated carbocycles. The van der Waals surface area contributed by atoms with Gasteiger partial charge in [0.2, 0.25) is 0 Å². The standard InChI is InChI=1S/C27H20F2N6O3S/c28-21-5-1-14(7-22(21)29)10-33-26(36)20-9-17(27(37)38)11-31-25(20)32-13-18-4-6-23(39-18)15-2-3-16-12-34-35-24(30)19(16)8-15/h1-9,11-12H,10,13H2,(H2,30,35)(H,31,32)(H,33,36)(H,37,38). The molecule has 0 aliphatic rings. The van der Waals surface area contributed by atoms with E-state index in [2.05, 4.69) is 25.8 Å². The summed E-state index contributed by atoms with van der Waals surface area (Å²) in [5.74, 6) is -3.37. The molecule has 196 valence electrons. The first-order chi connectivity index (χ1) is 18.8. The van der Waals surface area contributed by atoms with Crippen molar-refractivity contribution in [3.05, 3.63) is 100 Å². The summed E-state index contributed by atoms with van der Waals surface area (Å²) in [6.45, 7) is 0.220. The molecule has 0 spiro atoms. The van der Waals surface area contributed by atoms with Gasteiger partial charge in [-0.2, -0.15) is 5.10 Å². The summed E-state index contributed by atoms with van der Waals surface area (Å²) in [4.78, 5) is 30.5. The van der Waals surface area contributed by atoms with Gasteiger partial charge in [0.15, 0.2) is 17.5 Å². The molecule has 0 aliphatic heterocycles. The van der Waals surface area contributed by atoms with Crippen LogP contribution in [0.25, 0.3) is 21.2 Å². The van der Waals surface area contributed by atoms with Crippen molar-refractivity contribution in [1.82, 2.24) is 20.5 Å². The van der Waals surface area contributed by atoms with E-state index in [0.717, 1.165) is 44.4 Å². The number of hydrogen-bond acceptors (Lipinski definition) is 8. The van der Waals surface area contributed by atoms with E-state index in [1.54, 1.807) is 6.20 Å². The molecule has 5 N–H and O–H groups in total. The van der Waals surface area contributed by atoms with Crippen molar-refractivity contribution in [2.45, 2.75) is 13.1 Å². The zero-order valence-electron chi connectivity index (χ0n) is 20.1. The SMILES string of the molecule is Nc1nncc2ccc(-c3ccc(CNc4ncc(C(=O)O)cc4C(=O)NCc4ccc(F)c(F)c4)s3)cc12. The number of nitrogens with two attached hydrogens (primary N) is 1. The number of amides is 1. The normalized spacial score (nSPS) is 10.9. The summed E-state index contributed by atoms with van der Waals surface area (Å²) < 4.78 is 26.7. The summed E-state index contributed by atoms with van der Waals surface area (Å²) >= 11 is 1.52. The van der Waals surface area contributed by atoms with E-state index >= 15 is 0 Å². The number of nitrogens with zero attached hydrogens (tertiary/aromatic N) is 3. The zero-order chi connectivity index (χ0) is 27.5. The molecule has 3 heterocycles. The van der Waals surface area contributed by atoms with E-state index in [4.69, 9.17) is 5.73 Å². The lowest BCUT2D eigenvalue weighted by molar-refractivity contribution is 0.0696. The Labute approximate surface area is 224 Å². The molecule has 0 aliphatic carbocycles. The van der Waals surface area contributed by atoms with Crippen LogP contribution in [0.1, 0.15) is 31.2 Å². The second-order valence-electron chi connectivity index (χ2n) is 8.51. The van der Waals surface area contributed by atoms with E-state index in [0.29, 0.717) is 17.9 Å². The van der Waals surface area contributed by atoms with Crippen molar-refractivity contribution >= 4 is 45.6 Å². The third-order valence-corrected chi connectivity index (χ3v) is 7.02. The van der Waals surface area contributed by atoms with Gasteiger partial charge in [-0.25, -0.2) is 18.6 Å². The largest absolute Gasteiger partial charge is 0.478 e. The van der Waals surface area contributed by atoms with Crippen LogP contribution < -0.4 is 16.4 Å². The van der Waals surface area contributed by atoms with Crippen LogP contribution >= 0.6 is 11.3 Å². The van der Waals surface area contributed by atoms with E-state index in [1.807, 2.05) is 30.3 Å². The maximum atomic E-state index is 13.5. The van der Waals surface area contributed by atoms with E-state index in [-0.39, 0.29) is 23.5 Å². The molecule has 3 aromatic heterocycles. The first-order valence-corrected chi connectivity index (χ1v) is 12.4. The highest BCUT2D eigenvalue weighted by Crippen LogP contribution is 2.32. The molecule has 0 fully saturated rings. The maximum absolute atomic E-state index is 13.5. The molecule has 1 amide bonds. The van der Waals surface area contributed by atoms with Crippen LogP contribution in [0.5, 0.6) is 0 Å². The first kappa shape index (κ1) is 25.7. The van der Waals surface area contributed by atoms with Gasteiger partial charge in [-0.1, -0.05) is 18.2 Å². The number of carbonyl (C=O) groups is 2. The fourth-order valence-corrected chi connectivity index (χ4v) is 4.82. The van der Waals surface area contributed by atoms with Gasteiger partial charge in [-0.05, 0) is 47.5 Å². The summed E-state index contributed by atoms with van der Waals surface area (Å²) in [5, 5.41) is 24.5. The van der Waals surface area contributed by atoms with Crippen LogP contribution in [0.2, 0.25) is 0 Å². The Kier molecular flexibility index (Phi) is 7.10. The number of rotatable bonds is 8.